The second kappa shape index (κ2) is 8.52. The van der Waals surface area contributed by atoms with Gasteiger partial charge in [0.15, 0.2) is 0 Å². The molecule has 0 aliphatic carbocycles. The first-order chi connectivity index (χ1) is 14.8. The summed E-state index contributed by atoms with van der Waals surface area (Å²) in [5.74, 6) is -0.425. The topological polar surface area (TPSA) is 69.7 Å². The van der Waals surface area contributed by atoms with Crippen LogP contribution in [0.4, 0.5) is 4.79 Å². The van der Waals surface area contributed by atoms with Gasteiger partial charge in [-0.3, -0.25) is 14.5 Å². The number of carbonyl (C=O) groups excluding carboxylic acids is 3. The molecular formula is C23H23Cl2N3O3. The summed E-state index contributed by atoms with van der Waals surface area (Å²) in [4.78, 5) is 41.7. The van der Waals surface area contributed by atoms with E-state index in [2.05, 4.69) is 5.32 Å². The Balaban J connectivity index is 1.55. The van der Waals surface area contributed by atoms with Gasteiger partial charge < -0.3 is 10.2 Å². The van der Waals surface area contributed by atoms with Crippen LogP contribution >= 0.6 is 23.2 Å². The molecule has 2 heterocycles. The van der Waals surface area contributed by atoms with Gasteiger partial charge in [-0.15, -0.1) is 0 Å². The van der Waals surface area contributed by atoms with Gasteiger partial charge in [-0.1, -0.05) is 41.4 Å². The van der Waals surface area contributed by atoms with Crippen molar-refractivity contribution in [3.05, 3.63) is 69.2 Å². The van der Waals surface area contributed by atoms with Crippen molar-refractivity contribution in [1.82, 2.24) is 15.1 Å². The maximum absolute atomic E-state index is 13.2. The molecule has 6 nitrogen and oxygen atoms in total. The number of benzene rings is 2. The first-order valence-corrected chi connectivity index (χ1v) is 11.0. The van der Waals surface area contributed by atoms with Crippen LogP contribution in [0.15, 0.2) is 42.5 Å². The van der Waals surface area contributed by atoms with E-state index in [0.29, 0.717) is 26.7 Å². The number of halogens is 2. The van der Waals surface area contributed by atoms with Gasteiger partial charge in [0, 0.05) is 34.3 Å². The number of rotatable bonds is 4. The van der Waals surface area contributed by atoms with Crippen molar-refractivity contribution < 1.29 is 14.4 Å². The minimum atomic E-state index is -1.29. The zero-order chi connectivity index (χ0) is 22.2. The largest absolute Gasteiger partial charge is 0.339 e. The Morgan fingerprint density at radius 2 is 1.81 bits per heavy atom. The van der Waals surface area contributed by atoms with Crippen molar-refractivity contribution >= 4 is 41.0 Å². The predicted octanol–water partition coefficient (Wildman–Crippen LogP) is 4.59. The van der Waals surface area contributed by atoms with Gasteiger partial charge in [0.2, 0.25) is 0 Å². The number of nitrogens with one attached hydrogen (secondary N) is 1. The van der Waals surface area contributed by atoms with Gasteiger partial charge >= 0.3 is 6.03 Å². The molecule has 162 valence electrons. The Morgan fingerprint density at radius 1 is 1.06 bits per heavy atom. The van der Waals surface area contributed by atoms with Crippen LogP contribution in [0.2, 0.25) is 10.0 Å². The van der Waals surface area contributed by atoms with E-state index in [4.69, 9.17) is 23.2 Å². The van der Waals surface area contributed by atoms with Crippen molar-refractivity contribution in [1.29, 1.82) is 0 Å². The normalized spacial score (nSPS) is 21.4. The molecule has 0 radical (unpaired) electrons. The van der Waals surface area contributed by atoms with Gasteiger partial charge in [0.25, 0.3) is 11.8 Å². The monoisotopic (exact) mass is 459 g/mol. The fourth-order valence-electron chi connectivity index (χ4n) is 4.18. The number of piperidine rings is 1. The molecule has 0 aromatic heterocycles. The van der Waals surface area contributed by atoms with Crippen LogP contribution in [-0.4, -0.2) is 40.7 Å². The quantitative estimate of drug-likeness (QED) is 0.679. The van der Waals surface area contributed by atoms with E-state index in [1.165, 1.54) is 0 Å². The van der Waals surface area contributed by atoms with E-state index < -0.39 is 17.5 Å². The third-order valence-corrected chi connectivity index (χ3v) is 6.45. The van der Waals surface area contributed by atoms with Crippen LogP contribution in [0.5, 0.6) is 0 Å². The minimum absolute atomic E-state index is 0.0171. The summed E-state index contributed by atoms with van der Waals surface area (Å²) in [7, 11) is 0. The molecule has 31 heavy (non-hydrogen) atoms. The number of nitrogens with zero attached hydrogens (tertiary/aromatic N) is 2. The van der Waals surface area contributed by atoms with Gasteiger partial charge in [-0.25, -0.2) is 4.79 Å². The van der Waals surface area contributed by atoms with Gasteiger partial charge in [-0.2, -0.15) is 0 Å². The predicted molar refractivity (Wildman–Crippen MR) is 119 cm³/mol. The average molecular weight is 460 g/mol. The van der Waals surface area contributed by atoms with Crippen molar-refractivity contribution in [3.63, 3.8) is 0 Å². The lowest BCUT2D eigenvalue weighted by atomic mass is 9.92. The number of urea groups is 1. The van der Waals surface area contributed by atoms with E-state index in [9.17, 15) is 14.4 Å². The highest BCUT2D eigenvalue weighted by Crippen LogP contribution is 2.35. The van der Waals surface area contributed by atoms with Gasteiger partial charge in [0.1, 0.15) is 5.54 Å². The molecule has 0 saturated carbocycles. The zero-order valence-corrected chi connectivity index (χ0v) is 18.7. The number of hydrogen-bond donors (Lipinski definition) is 1. The Hall–Kier alpha value is -2.57. The van der Waals surface area contributed by atoms with E-state index in [1.54, 1.807) is 49.4 Å². The first kappa shape index (κ1) is 21.7. The van der Waals surface area contributed by atoms with Crippen LogP contribution in [0.25, 0.3) is 0 Å². The molecule has 0 spiro atoms. The van der Waals surface area contributed by atoms with Crippen LogP contribution < -0.4 is 5.32 Å². The van der Waals surface area contributed by atoms with E-state index >= 15 is 0 Å². The van der Waals surface area contributed by atoms with Crippen LogP contribution in [-0.2, 0) is 16.9 Å². The molecule has 0 bridgehead atoms. The smallest absolute Gasteiger partial charge is 0.325 e. The minimum Gasteiger partial charge on any atom is -0.339 e. The van der Waals surface area contributed by atoms with Crippen LogP contribution in [0, 0.1) is 0 Å². The molecule has 8 heteroatoms. The summed E-state index contributed by atoms with van der Waals surface area (Å²) in [6.45, 7) is 3.21. The van der Waals surface area contributed by atoms with Crippen molar-refractivity contribution in [2.75, 3.05) is 13.1 Å². The highest BCUT2D eigenvalue weighted by Gasteiger charge is 2.49. The van der Waals surface area contributed by atoms with E-state index in [1.807, 2.05) is 4.90 Å². The first-order valence-electron chi connectivity index (χ1n) is 10.3. The highest BCUT2D eigenvalue weighted by atomic mass is 35.5. The molecule has 1 atom stereocenters. The third-order valence-electron chi connectivity index (χ3n) is 5.90. The second-order valence-electron chi connectivity index (χ2n) is 8.12. The van der Waals surface area contributed by atoms with Crippen molar-refractivity contribution in [3.8, 4) is 0 Å². The molecule has 4 rings (SSSR count). The third kappa shape index (κ3) is 4.14. The number of carbonyl (C=O) groups is 3. The maximum Gasteiger partial charge on any atom is 0.325 e. The molecule has 4 amide bonds. The van der Waals surface area contributed by atoms with Crippen molar-refractivity contribution in [2.45, 2.75) is 38.3 Å². The number of amides is 4. The Labute approximate surface area is 191 Å². The molecule has 2 aliphatic rings. The molecule has 2 fully saturated rings. The summed E-state index contributed by atoms with van der Waals surface area (Å²) in [6, 6.07) is 11.4. The van der Waals surface area contributed by atoms with E-state index in [-0.39, 0.29) is 12.5 Å². The Morgan fingerprint density at radius 3 is 2.52 bits per heavy atom. The fraction of sp³-hybridized carbons (Fsp3) is 0.348. The number of likely N-dealkylation sites (tertiary alicyclic amines) is 1. The summed E-state index contributed by atoms with van der Waals surface area (Å²) in [5, 5.41) is 3.50. The lowest BCUT2D eigenvalue weighted by molar-refractivity contribution is -0.131. The summed E-state index contributed by atoms with van der Waals surface area (Å²) >= 11 is 12.3. The molecule has 1 unspecified atom stereocenters. The SMILES string of the molecule is CC1(c2ccc(Cl)cc2Cl)NC(=O)N(Cc2cccc(C(=O)N3CCCCC3)c2)C1=O. The fourth-order valence-corrected chi connectivity index (χ4v) is 4.78. The standard InChI is InChI=1S/C23H23Cl2N3O3/c1-23(18-9-8-17(24)13-19(18)25)21(30)28(22(31)26-23)14-15-6-5-7-16(12-15)20(29)27-10-3-2-4-11-27/h5-9,12-13H,2-4,10-11,14H2,1H3,(H,26,31). The lowest BCUT2D eigenvalue weighted by Crippen LogP contribution is -2.41. The Kier molecular flexibility index (Phi) is 5.95. The van der Waals surface area contributed by atoms with Crippen LogP contribution in [0.3, 0.4) is 0 Å². The van der Waals surface area contributed by atoms with Gasteiger partial charge in [0.05, 0.1) is 6.54 Å². The Bertz CT molecular complexity index is 1050. The zero-order valence-electron chi connectivity index (χ0n) is 17.2. The average Bonchev–Trinajstić information content (AvgIpc) is 2.97. The molecule has 1 N–H and O–H groups in total. The molecule has 2 aromatic rings. The van der Waals surface area contributed by atoms with Crippen molar-refractivity contribution in [2.24, 2.45) is 0 Å². The summed E-state index contributed by atoms with van der Waals surface area (Å²) in [6.07, 6.45) is 3.17. The number of hydrogen-bond acceptors (Lipinski definition) is 3. The van der Waals surface area contributed by atoms with Gasteiger partial charge in [-0.05, 0) is 56.0 Å². The number of imide groups is 1. The summed E-state index contributed by atoms with van der Waals surface area (Å²) < 4.78 is 0. The second-order valence-corrected chi connectivity index (χ2v) is 8.97. The summed E-state index contributed by atoms with van der Waals surface area (Å²) in [5.41, 5.74) is 0.459. The molecular weight excluding hydrogens is 437 g/mol. The maximum atomic E-state index is 13.2. The molecule has 2 aromatic carbocycles. The van der Waals surface area contributed by atoms with E-state index in [0.717, 1.165) is 37.3 Å². The molecule has 2 aliphatic heterocycles. The highest BCUT2D eigenvalue weighted by molar-refractivity contribution is 6.35. The molecule has 2 saturated heterocycles. The van der Waals surface area contributed by atoms with Crippen LogP contribution in [0.1, 0.15) is 47.7 Å². The lowest BCUT2D eigenvalue weighted by Gasteiger charge is -2.27.